The third-order valence-corrected chi connectivity index (χ3v) is 1.83. The molecule has 0 bridgehead atoms. The number of rotatable bonds is 6. The van der Waals surface area contributed by atoms with Crippen LogP contribution >= 0.6 is 0 Å². The van der Waals surface area contributed by atoms with Crippen molar-refractivity contribution in [2.45, 2.75) is 0 Å². The maximum absolute atomic E-state index is 11.5. The summed E-state index contributed by atoms with van der Waals surface area (Å²) in [5, 5.41) is 10.7. The van der Waals surface area contributed by atoms with Gasteiger partial charge in [-0.15, -0.1) is 0 Å². The Morgan fingerprint density at radius 3 is 2.88 bits per heavy atom. The second-order valence-electron chi connectivity index (χ2n) is 3.12. The van der Waals surface area contributed by atoms with E-state index in [4.69, 9.17) is 9.84 Å². The quantitative estimate of drug-likeness (QED) is 0.564. The Labute approximate surface area is 96.4 Å². The molecule has 7 heteroatoms. The molecule has 1 aromatic heterocycles. The second kappa shape index (κ2) is 6.44. The number of carbonyl (C=O) groups excluding carboxylic acids is 1. The summed E-state index contributed by atoms with van der Waals surface area (Å²) < 4.78 is 4.71. The fourth-order valence-corrected chi connectivity index (χ4v) is 1.09. The van der Waals surface area contributed by atoms with Crippen molar-refractivity contribution in [1.82, 2.24) is 10.3 Å². The Balaban J connectivity index is 2.33. The SMILES string of the molecule is O=C(O)COCCNC(=O)c1c[nH]ccc1=O. The molecule has 0 aromatic carbocycles. The van der Waals surface area contributed by atoms with Gasteiger partial charge in [0.15, 0.2) is 5.43 Å². The Kier molecular flexibility index (Phi) is 4.89. The van der Waals surface area contributed by atoms with Crippen LogP contribution in [0.4, 0.5) is 0 Å². The summed E-state index contributed by atoms with van der Waals surface area (Å²) in [5.41, 5.74) is -0.376. The fourth-order valence-electron chi connectivity index (χ4n) is 1.09. The molecule has 1 amide bonds. The van der Waals surface area contributed by atoms with Crippen LogP contribution in [0.3, 0.4) is 0 Å². The molecule has 0 spiro atoms. The van der Waals surface area contributed by atoms with Gasteiger partial charge in [0, 0.05) is 25.0 Å². The summed E-state index contributed by atoms with van der Waals surface area (Å²) in [5.74, 6) is -1.60. The smallest absolute Gasteiger partial charge is 0.329 e. The van der Waals surface area contributed by atoms with E-state index in [0.717, 1.165) is 0 Å². The molecule has 92 valence electrons. The summed E-state index contributed by atoms with van der Waals surface area (Å²) in [4.78, 5) is 35.4. The molecule has 0 aliphatic carbocycles. The van der Waals surface area contributed by atoms with E-state index < -0.39 is 18.5 Å². The van der Waals surface area contributed by atoms with Crippen molar-refractivity contribution in [3.63, 3.8) is 0 Å². The van der Waals surface area contributed by atoms with Gasteiger partial charge in [0.25, 0.3) is 5.91 Å². The molecule has 3 N–H and O–H groups in total. The van der Waals surface area contributed by atoms with E-state index in [2.05, 4.69) is 10.3 Å². The van der Waals surface area contributed by atoms with Crippen molar-refractivity contribution in [2.75, 3.05) is 19.8 Å². The number of aromatic amines is 1. The van der Waals surface area contributed by atoms with Gasteiger partial charge in [0.05, 0.1) is 6.61 Å². The Hall–Kier alpha value is -2.15. The van der Waals surface area contributed by atoms with Crippen LogP contribution in [0.25, 0.3) is 0 Å². The van der Waals surface area contributed by atoms with Crippen molar-refractivity contribution in [1.29, 1.82) is 0 Å². The molecule has 0 saturated carbocycles. The Bertz CT molecular complexity index is 454. The standard InChI is InChI=1S/C10H12N2O5/c13-8-1-2-11-5-7(8)10(16)12-3-4-17-6-9(14)15/h1-2,5H,3-4,6H2,(H,11,13)(H,12,16)(H,14,15). The number of carbonyl (C=O) groups is 2. The first kappa shape index (κ1) is 12.9. The van der Waals surface area contributed by atoms with Crippen molar-refractivity contribution in [3.8, 4) is 0 Å². The van der Waals surface area contributed by atoms with Gasteiger partial charge in [0.2, 0.25) is 0 Å². The topological polar surface area (TPSA) is 108 Å². The number of carboxylic acids is 1. The molecular formula is C10H12N2O5. The minimum absolute atomic E-state index is 0.00531. The van der Waals surface area contributed by atoms with Gasteiger partial charge in [-0.25, -0.2) is 4.79 Å². The van der Waals surface area contributed by atoms with Gasteiger partial charge < -0.3 is 20.1 Å². The van der Waals surface area contributed by atoms with Crippen molar-refractivity contribution < 1.29 is 19.4 Å². The Morgan fingerprint density at radius 1 is 1.47 bits per heavy atom. The number of pyridine rings is 1. The van der Waals surface area contributed by atoms with Gasteiger partial charge in [-0.1, -0.05) is 0 Å². The number of hydrogen-bond acceptors (Lipinski definition) is 4. The average Bonchev–Trinajstić information content (AvgIpc) is 2.28. The van der Waals surface area contributed by atoms with Crippen LogP contribution in [0.1, 0.15) is 10.4 Å². The lowest BCUT2D eigenvalue weighted by molar-refractivity contribution is -0.142. The van der Waals surface area contributed by atoms with E-state index in [1.807, 2.05) is 0 Å². The number of carboxylic acid groups (broad SMARTS) is 1. The highest BCUT2D eigenvalue weighted by atomic mass is 16.5. The summed E-state index contributed by atoms with van der Waals surface area (Å²) in [6, 6.07) is 1.25. The number of nitrogens with one attached hydrogen (secondary N) is 2. The minimum atomic E-state index is -1.07. The second-order valence-corrected chi connectivity index (χ2v) is 3.12. The van der Waals surface area contributed by atoms with E-state index in [1.54, 1.807) is 0 Å². The van der Waals surface area contributed by atoms with Crippen molar-refractivity contribution in [3.05, 3.63) is 34.2 Å². The highest BCUT2D eigenvalue weighted by Crippen LogP contribution is 1.87. The lowest BCUT2D eigenvalue weighted by Gasteiger charge is -2.04. The molecule has 0 aliphatic heterocycles. The van der Waals surface area contributed by atoms with Crippen LogP contribution in [0.5, 0.6) is 0 Å². The zero-order valence-corrected chi connectivity index (χ0v) is 8.93. The maximum atomic E-state index is 11.5. The van der Waals surface area contributed by atoms with Gasteiger partial charge in [-0.3, -0.25) is 9.59 Å². The largest absolute Gasteiger partial charge is 0.480 e. The van der Waals surface area contributed by atoms with Crippen LogP contribution in [-0.2, 0) is 9.53 Å². The Morgan fingerprint density at radius 2 is 2.24 bits per heavy atom. The molecule has 0 fully saturated rings. The van der Waals surface area contributed by atoms with Crippen molar-refractivity contribution in [2.24, 2.45) is 0 Å². The molecular weight excluding hydrogens is 228 g/mol. The minimum Gasteiger partial charge on any atom is -0.480 e. The van der Waals surface area contributed by atoms with Crippen molar-refractivity contribution >= 4 is 11.9 Å². The molecule has 0 atom stereocenters. The molecule has 0 radical (unpaired) electrons. The molecule has 7 nitrogen and oxygen atoms in total. The first-order chi connectivity index (χ1) is 8.11. The number of ether oxygens (including phenoxy) is 1. The van der Waals surface area contributed by atoms with Crippen LogP contribution < -0.4 is 10.7 Å². The number of aliphatic carboxylic acids is 1. The monoisotopic (exact) mass is 240 g/mol. The van der Waals surface area contributed by atoms with Crippen LogP contribution in [0, 0.1) is 0 Å². The van der Waals surface area contributed by atoms with Gasteiger partial charge >= 0.3 is 5.97 Å². The first-order valence-corrected chi connectivity index (χ1v) is 4.86. The fraction of sp³-hybridized carbons (Fsp3) is 0.300. The highest BCUT2D eigenvalue weighted by molar-refractivity contribution is 5.93. The van der Waals surface area contributed by atoms with E-state index in [1.165, 1.54) is 18.5 Å². The average molecular weight is 240 g/mol. The first-order valence-electron chi connectivity index (χ1n) is 4.86. The molecule has 1 aromatic rings. The number of hydrogen-bond donors (Lipinski definition) is 3. The maximum Gasteiger partial charge on any atom is 0.329 e. The van der Waals surface area contributed by atoms with Gasteiger partial charge in [-0.2, -0.15) is 0 Å². The van der Waals surface area contributed by atoms with E-state index in [-0.39, 0.29) is 24.1 Å². The molecule has 0 aliphatic rings. The molecule has 1 rings (SSSR count). The predicted octanol–water partition coefficient (Wildman–Crippen LogP) is -0.794. The van der Waals surface area contributed by atoms with Crippen LogP contribution in [0.15, 0.2) is 23.3 Å². The van der Waals surface area contributed by atoms with Gasteiger partial charge in [-0.05, 0) is 0 Å². The highest BCUT2D eigenvalue weighted by Gasteiger charge is 2.08. The lowest BCUT2D eigenvalue weighted by atomic mass is 10.2. The third kappa shape index (κ3) is 4.47. The normalized spacial score (nSPS) is 9.88. The molecule has 17 heavy (non-hydrogen) atoms. The van der Waals surface area contributed by atoms with E-state index in [0.29, 0.717) is 0 Å². The molecule has 0 unspecified atom stereocenters. The van der Waals surface area contributed by atoms with Crippen LogP contribution in [-0.4, -0.2) is 41.7 Å². The van der Waals surface area contributed by atoms with Crippen LogP contribution in [0.2, 0.25) is 0 Å². The zero-order valence-electron chi connectivity index (χ0n) is 8.93. The van der Waals surface area contributed by atoms with Gasteiger partial charge in [0.1, 0.15) is 12.2 Å². The summed E-state index contributed by atoms with van der Waals surface area (Å²) in [6.07, 6.45) is 2.73. The number of aromatic nitrogens is 1. The molecule has 0 saturated heterocycles. The summed E-state index contributed by atoms with van der Waals surface area (Å²) >= 11 is 0. The number of H-pyrrole nitrogens is 1. The zero-order chi connectivity index (χ0) is 12.7. The number of amides is 1. The summed E-state index contributed by atoms with van der Waals surface area (Å²) in [6.45, 7) is -0.203. The third-order valence-electron chi connectivity index (χ3n) is 1.83. The van der Waals surface area contributed by atoms with E-state index in [9.17, 15) is 14.4 Å². The lowest BCUT2D eigenvalue weighted by Crippen LogP contribution is -2.31. The predicted molar refractivity (Wildman–Crippen MR) is 57.9 cm³/mol. The molecule has 1 heterocycles. The summed E-state index contributed by atoms with van der Waals surface area (Å²) in [7, 11) is 0. The van der Waals surface area contributed by atoms with E-state index >= 15 is 0 Å².